The number of carbonyl (C=O) groups excluding carboxylic acids is 1. The Morgan fingerprint density at radius 3 is 2.79 bits per heavy atom. The van der Waals surface area contributed by atoms with Crippen LogP contribution >= 0.6 is 15.9 Å². The Balaban J connectivity index is 1.34. The first-order valence-electron chi connectivity index (χ1n) is 9.72. The van der Waals surface area contributed by atoms with Crippen molar-refractivity contribution in [2.24, 2.45) is 0 Å². The Labute approximate surface area is 176 Å². The predicted octanol–water partition coefficient (Wildman–Crippen LogP) is 4.74. The van der Waals surface area contributed by atoms with Gasteiger partial charge in [0.2, 0.25) is 0 Å². The van der Waals surface area contributed by atoms with Gasteiger partial charge < -0.3 is 9.88 Å². The fourth-order valence-electron chi connectivity index (χ4n) is 3.92. The Hall–Kier alpha value is -2.93. The van der Waals surface area contributed by atoms with Gasteiger partial charge in [-0.15, -0.1) is 0 Å². The maximum atomic E-state index is 13.1. The predicted molar refractivity (Wildman–Crippen MR) is 116 cm³/mol. The number of H-pyrrole nitrogens is 2. The van der Waals surface area contributed by atoms with Crippen LogP contribution in [0, 0.1) is 0 Å². The molecule has 1 amide bonds. The minimum atomic E-state index is -0.0123. The number of halogens is 1. The van der Waals surface area contributed by atoms with E-state index in [0.29, 0.717) is 12.2 Å². The number of aromatic nitrogens is 4. The summed E-state index contributed by atoms with van der Waals surface area (Å²) in [5.41, 5.74) is 4.28. The van der Waals surface area contributed by atoms with E-state index in [1.807, 2.05) is 59.5 Å². The number of fused-ring (bicyclic) bond motifs is 1. The zero-order valence-electron chi connectivity index (χ0n) is 15.7. The highest BCUT2D eigenvalue weighted by Crippen LogP contribution is 2.28. The number of piperidine rings is 1. The number of hydrogen-bond acceptors (Lipinski definition) is 3. The summed E-state index contributed by atoms with van der Waals surface area (Å²) in [6.45, 7) is 1.41. The third-order valence-electron chi connectivity index (χ3n) is 5.45. The van der Waals surface area contributed by atoms with Crippen LogP contribution in [0.4, 0.5) is 0 Å². The van der Waals surface area contributed by atoms with Crippen LogP contribution in [0.25, 0.3) is 22.3 Å². The molecule has 2 aromatic carbocycles. The van der Waals surface area contributed by atoms with Crippen LogP contribution in [0.2, 0.25) is 0 Å². The van der Waals surface area contributed by atoms with E-state index in [1.54, 1.807) is 0 Å². The molecule has 1 aliphatic heterocycles. The van der Waals surface area contributed by atoms with Gasteiger partial charge in [0.25, 0.3) is 5.91 Å². The van der Waals surface area contributed by atoms with E-state index in [-0.39, 0.29) is 11.8 Å². The lowest BCUT2D eigenvalue weighted by atomic mass is 9.97. The summed E-state index contributed by atoms with van der Waals surface area (Å²) in [5.74, 6) is 1.17. The van der Waals surface area contributed by atoms with Gasteiger partial charge in [0.15, 0.2) is 0 Å². The number of para-hydroxylation sites is 2. The van der Waals surface area contributed by atoms with Crippen molar-refractivity contribution in [3.8, 4) is 11.3 Å². The van der Waals surface area contributed by atoms with E-state index < -0.39 is 0 Å². The number of likely N-dealkylation sites (tertiary alicyclic amines) is 1. The van der Waals surface area contributed by atoms with Crippen LogP contribution in [0.1, 0.15) is 35.1 Å². The van der Waals surface area contributed by atoms with Gasteiger partial charge in [-0.1, -0.05) is 40.2 Å². The van der Waals surface area contributed by atoms with Crippen molar-refractivity contribution in [3.05, 3.63) is 70.6 Å². The third kappa shape index (κ3) is 3.58. The average molecular weight is 450 g/mol. The molecule has 29 heavy (non-hydrogen) atoms. The van der Waals surface area contributed by atoms with Gasteiger partial charge >= 0.3 is 0 Å². The summed E-state index contributed by atoms with van der Waals surface area (Å²) in [4.78, 5) is 23.1. The standard InChI is InChI=1S/C22H20BrN5O/c23-16-9-7-14(8-10-16)19-12-20(27-26-19)22(29)28-11-3-4-15(13-28)21-24-17-5-1-2-6-18(17)25-21/h1-2,5-10,12,15H,3-4,11,13H2,(H,24,25)(H,26,27). The summed E-state index contributed by atoms with van der Waals surface area (Å²) in [5, 5.41) is 7.25. The molecule has 1 atom stereocenters. The van der Waals surface area contributed by atoms with Crippen molar-refractivity contribution in [3.63, 3.8) is 0 Å². The number of rotatable bonds is 3. The number of nitrogens with zero attached hydrogens (tertiary/aromatic N) is 3. The van der Waals surface area contributed by atoms with Crippen molar-refractivity contribution < 1.29 is 4.79 Å². The number of benzene rings is 2. The van der Waals surface area contributed by atoms with Gasteiger partial charge in [-0.3, -0.25) is 9.89 Å². The SMILES string of the molecule is O=C(c1cc(-c2ccc(Br)cc2)n[nH]1)N1CCCC(c2nc3ccccc3[nH]2)C1. The molecule has 0 aliphatic carbocycles. The quantitative estimate of drug-likeness (QED) is 0.474. The molecule has 0 radical (unpaired) electrons. The van der Waals surface area contributed by atoms with Crippen molar-refractivity contribution >= 4 is 32.9 Å². The van der Waals surface area contributed by atoms with Crippen LogP contribution in [0.5, 0.6) is 0 Å². The lowest BCUT2D eigenvalue weighted by molar-refractivity contribution is 0.0699. The molecular weight excluding hydrogens is 430 g/mol. The van der Waals surface area contributed by atoms with Crippen molar-refractivity contribution in [2.75, 3.05) is 13.1 Å². The molecule has 0 bridgehead atoms. The number of imidazole rings is 1. The van der Waals surface area contributed by atoms with E-state index in [4.69, 9.17) is 4.98 Å². The number of carbonyl (C=O) groups is 1. The van der Waals surface area contributed by atoms with Crippen LogP contribution in [-0.4, -0.2) is 44.1 Å². The van der Waals surface area contributed by atoms with E-state index in [2.05, 4.69) is 31.1 Å². The minimum absolute atomic E-state index is 0.0123. The molecule has 146 valence electrons. The fourth-order valence-corrected chi connectivity index (χ4v) is 4.19. The Morgan fingerprint density at radius 2 is 1.97 bits per heavy atom. The van der Waals surface area contributed by atoms with Crippen molar-refractivity contribution in [1.82, 2.24) is 25.1 Å². The second-order valence-electron chi connectivity index (χ2n) is 7.40. The van der Waals surface area contributed by atoms with Crippen LogP contribution < -0.4 is 0 Å². The minimum Gasteiger partial charge on any atom is -0.342 e. The molecule has 2 N–H and O–H groups in total. The highest BCUT2D eigenvalue weighted by molar-refractivity contribution is 9.10. The third-order valence-corrected chi connectivity index (χ3v) is 5.98. The molecule has 3 heterocycles. The van der Waals surface area contributed by atoms with Gasteiger partial charge in [-0.25, -0.2) is 4.98 Å². The zero-order chi connectivity index (χ0) is 19.8. The van der Waals surface area contributed by atoms with Crippen LogP contribution in [-0.2, 0) is 0 Å². The second-order valence-corrected chi connectivity index (χ2v) is 8.32. The summed E-state index contributed by atoms with van der Waals surface area (Å²) in [6, 6.07) is 17.8. The molecule has 5 rings (SSSR count). The number of aromatic amines is 2. The smallest absolute Gasteiger partial charge is 0.271 e. The topological polar surface area (TPSA) is 77.7 Å². The van der Waals surface area contributed by atoms with E-state index in [0.717, 1.165) is 52.0 Å². The Kier molecular flexibility index (Phi) is 4.67. The van der Waals surface area contributed by atoms with Crippen LogP contribution in [0.3, 0.4) is 0 Å². The molecule has 0 spiro atoms. The highest BCUT2D eigenvalue weighted by Gasteiger charge is 2.28. The molecule has 0 saturated carbocycles. The van der Waals surface area contributed by atoms with E-state index in [1.165, 1.54) is 0 Å². The molecule has 7 heteroatoms. The lowest BCUT2D eigenvalue weighted by Crippen LogP contribution is -2.39. The van der Waals surface area contributed by atoms with Crippen LogP contribution in [0.15, 0.2) is 59.1 Å². The molecule has 1 unspecified atom stereocenters. The Bertz CT molecular complexity index is 1130. The Morgan fingerprint density at radius 1 is 1.14 bits per heavy atom. The number of nitrogens with one attached hydrogen (secondary N) is 2. The number of amides is 1. The molecular formula is C22H20BrN5O. The average Bonchev–Trinajstić information content (AvgIpc) is 3.41. The molecule has 1 fully saturated rings. The lowest BCUT2D eigenvalue weighted by Gasteiger charge is -2.31. The van der Waals surface area contributed by atoms with Crippen molar-refractivity contribution in [1.29, 1.82) is 0 Å². The van der Waals surface area contributed by atoms with Gasteiger partial charge in [-0.2, -0.15) is 5.10 Å². The fraction of sp³-hybridized carbons (Fsp3) is 0.227. The molecule has 1 saturated heterocycles. The van der Waals surface area contributed by atoms with Crippen molar-refractivity contribution in [2.45, 2.75) is 18.8 Å². The zero-order valence-corrected chi connectivity index (χ0v) is 17.3. The summed E-state index contributed by atoms with van der Waals surface area (Å²) in [7, 11) is 0. The summed E-state index contributed by atoms with van der Waals surface area (Å²) < 4.78 is 1.01. The summed E-state index contributed by atoms with van der Waals surface area (Å²) in [6.07, 6.45) is 1.98. The first-order valence-corrected chi connectivity index (χ1v) is 10.5. The largest absolute Gasteiger partial charge is 0.342 e. The number of hydrogen-bond donors (Lipinski definition) is 2. The van der Waals surface area contributed by atoms with E-state index >= 15 is 0 Å². The maximum Gasteiger partial charge on any atom is 0.271 e. The normalized spacial score (nSPS) is 17.0. The molecule has 2 aromatic heterocycles. The van der Waals surface area contributed by atoms with Gasteiger partial charge in [-0.05, 0) is 43.2 Å². The van der Waals surface area contributed by atoms with Gasteiger partial charge in [0.1, 0.15) is 11.5 Å². The first kappa shape index (κ1) is 18.1. The first-order chi connectivity index (χ1) is 14.2. The summed E-state index contributed by atoms with van der Waals surface area (Å²) >= 11 is 3.44. The second kappa shape index (κ2) is 7.48. The highest BCUT2D eigenvalue weighted by atomic mass is 79.9. The van der Waals surface area contributed by atoms with E-state index in [9.17, 15) is 4.79 Å². The maximum absolute atomic E-state index is 13.1. The molecule has 4 aromatic rings. The molecule has 1 aliphatic rings. The van der Waals surface area contributed by atoms with Gasteiger partial charge in [0, 0.05) is 29.0 Å². The van der Waals surface area contributed by atoms with Gasteiger partial charge in [0.05, 0.1) is 16.7 Å². The monoisotopic (exact) mass is 449 g/mol. The molecule has 6 nitrogen and oxygen atoms in total.